The summed E-state index contributed by atoms with van der Waals surface area (Å²) in [4.78, 5) is 14.1. The van der Waals surface area contributed by atoms with E-state index in [0.29, 0.717) is 5.69 Å². The molecule has 0 aliphatic rings. The highest BCUT2D eigenvalue weighted by Crippen LogP contribution is 2.18. The lowest BCUT2D eigenvalue weighted by atomic mass is 10.1. The molecule has 0 aliphatic heterocycles. The zero-order valence-corrected chi connectivity index (χ0v) is 14.9. The van der Waals surface area contributed by atoms with Gasteiger partial charge in [-0.3, -0.25) is 4.79 Å². The normalized spacial score (nSPS) is 12.3. The maximum atomic E-state index is 12.1. The van der Waals surface area contributed by atoms with Crippen LogP contribution >= 0.6 is 0 Å². The summed E-state index contributed by atoms with van der Waals surface area (Å²) in [6, 6.07) is 7.34. The fourth-order valence-electron chi connectivity index (χ4n) is 2.03. The van der Waals surface area contributed by atoms with Crippen LogP contribution < -0.4 is 10.2 Å². The van der Waals surface area contributed by atoms with Crippen LogP contribution in [0.25, 0.3) is 0 Å². The van der Waals surface area contributed by atoms with Crippen molar-refractivity contribution in [1.82, 2.24) is 4.31 Å². The number of carbonyl (C=O) groups excluding carboxylic acids is 1. The average molecular weight is 327 g/mol. The van der Waals surface area contributed by atoms with Gasteiger partial charge < -0.3 is 10.2 Å². The number of hydrogen-bond donors (Lipinski definition) is 1. The Morgan fingerprint density at radius 2 is 1.64 bits per heavy atom. The third kappa shape index (κ3) is 5.31. The number of carbonyl (C=O) groups is 1. The van der Waals surface area contributed by atoms with Gasteiger partial charge in [-0.15, -0.1) is 0 Å². The van der Waals surface area contributed by atoms with E-state index in [1.165, 1.54) is 4.31 Å². The van der Waals surface area contributed by atoms with Gasteiger partial charge >= 0.3 is 0 Å². The van der Waals surface area contributed by atoms with Gasteiger partial charge in [0.05, 0.1) is 12.8 Å². The second-order valence-electron chi connectivity index (χ2n) is 6.43. The average Bonchev–Trinajstić information content (AvgIpc) is 2.34. The molecule has 0 atom stereocenters. The van der Waals surface area contributed by atoms with E-state index < -0.39 is 15.6 Å². The molecular formula is C15H25N3O3S. The molecule has 0 bridgehead atoms. The van der Waals surface area contributed by atoms with Crippen LogP contribution in [0.5, 0.6) is 0 Å². The summed E-state index contributed by atoms with van der Waals surface area (Å²) in [6.07, 6.45) is 1.11. The van der Waals surface area contributed by atoms with Crippen LogP contribution in [0, 0.1) is 0 Å². The minimum Gasteiger partial charge on any atom is -0.378 e. The third-order valence-corrected chi connectivity index (χ3v) is 4.58. The quantitative estimate of drug-likeness (QED) is 0.894. The molecule has 1 rings (SSSR count). The van der Waals surface area contributed by atoms with Crippen molar-refractivity contribution in [1.29, 1.82) is 0 Å². The summed E-state index contributed by atoms with van der Waals surface area (Å²) in [5, 5.41) is 2.72. The summed E-state index contributed by atoms with van der Waals surface area (Å²) in [5.74, 6) is -0.363. The van der Waals surface area contributed by atoms with E-state index in [1.54, 1.807) is 32.9 Å². The molecule has 0 spiro atoms. The SMILES string of the molecule is CN(C)c1ccc(NC(=O)CN(C(C)(C)C)S(C)(=O)=O)cc1. The summed E-state index contributed by atoms with van der Waals surface area (Å²) in [7, 11) is 0.401. The molecular weight excluding hydrogens is 302 g/mol. The van der Waals surface area contributed by atoms with Gasteiger partial charge in [0.1, 0.15) is 0 Å². The predicted molar refractivity (Wildman–Crippen MR) is 90.7 cm³/mol. The number of nitrogens with one attached hydrogen (secondary N) is 1. The van der Waals surface area contributed by atoms with Crippen LogP contribution in [0.4, 0.5) is 11.4 Å². The number of benzene rings is 1. The molecule has 124 valence electrons. The molecule has 0 saturated heterocycles. The Bertz CT molecular complexity index is 616. The Hall–Kier alpha value is -1.60. The third-order valence-electron chi connectivity index (χ3n) is 3.10. The van der Waals surface area contributed by atoms with Crippen molar-refractivity contribution in [2.45, 2.75) is 26.3 Å². The smallest absolute Gasteiger partial charge is 0.239 e. The largest absolute Gasteiger partial charge is 0.378 e. The first-order valence-corrected chi connectivity index (χ1v) is 8.81. The number of nitrogens with zero attached hydrogens (tertiary/aromatic N) is 2. The molecule has 22 heavy (non-hydrogen) atoms. The minimum atomic E-state index is -3.46. The first-order valence-electron chi connectivity index (χ1n) is 6.96. The molecule has 0 radical (unpaired) electrons. The Morgan fingerprint density at radius 1 is 1.14 bits per heavy atom. The van der Waals surface area contributed by atoms with Crippen LogP contribution in [0.2, 0.25) is 0 Å². The van der Waals surface area contributed by atoms with E-state index in [-0.39, 0.29) is 12.5 Å². The zero-order chi connectivity index (χ0) is 17.1. The van der Waals surface area contributed by atoms with E-state index in [9.17, 15) is 13.2 Å². The van der Waals surface area contributed by atoms with E-state index in [0.717, 1.165) is 11.9 Å². The number of sulfonamides is 1. The van der Waals surface area contributed by atoms with E-state index in [1.807, 2.05) is 31.1 Å². The van der Waals surface area contributed by atoms with Crippen LogP contribution in [-0.2, 0) is 14.8 Å². The molecule has 0 aliphatic carbocycles. The first kappa shape index (κ1) is 18.4. The Morgan fingerprint density at radius 3 is 2.00 bits per heavy atom. The van der Waals surface area contributed by atoms with Gasteiger partial charge in [0.25, 0.3) is 0 Å². The van der Waals surface area contributed by atoms with Crippen LogP contribution in [0.15, 0.2) is 24.3 Å². The van der Waals surface area contributed by atoms with E-state index >= 15 is 0 Å². The lowest BCUT2D eigenvalue weighted by Gasteiger charge is -2.32. The van der Waals surface area contributed by atoms with E-state index in [2.05, 4.69) is 5.32 Å². The maximum absolute atomic E-state index is 12.1. The van der Waals surface area contributed by atoms with Gasteiger partial charge in [0, 0.05) is 31.0 Å². The number of amides is 1. The minimum absolute atomic E-state index is 0.211. The molecule has 0 fully saturated rings. The van der Waals surface area contributed by atoms with Gasteiger partial charge in [-0.25, -0.2) is 8.42 Å². The standard InChI is InChI=1S/C15H25N3O3S/c1-15(2,3)18(22(6,20)21)11-14(19)16-12-7-9-13(10-8-12)17(4)5/h7-10H,11H2,1-6H3,(H,16,19). The molecule has 1 aromatic rings. The van der Waals surface area contributed by atoms with Gasteiger partial charge in [-0.05, 0) is 45.0 Å². The first-order chi connectivity index (χ1) is 9.91. The summed E-state index contributed by atoms with van der Waals surface area (Å²) < 4.78 is 24.8. The van der Waals surface area contributed by atoms with Crippen molar-refractivity contribution in [3.05, 3.63) is 24.3 Å². The summed E-state index contributed by atoms with van der Waals surface area (Å²) in [6.45, 7) is 5.06. The molecule has 1 amide bonds. The van der Waals surface area contributed by atoms with Gasteiger partial charge in [-0.1, -0.05) is 0 Å². The second kappa shape index (κ2) is 6.66. The lowest BCUT2D eigenvalue weighted by molar-refractivity contribution is -0.117. The zero-order valence-electron chi connectivity index (χ0n) is 14.0. The number of rotatable bonds is 5. The molecule has 1 aromatic carbocycles. The molecule has 0 heterocycles. The highest BCUT2D eigenvalue weighted by atomic mass is 32.2. The highest BCUT2D eigenvalue weighted by Gasteiger charge is 2.31. The van der Waals surface area contributed by atoms with Crippen molar-refractivity contribution in [2.24, 2.45) is 0 Å². The molecule has 6 nitrogen and oxygen atoms in total. The van der Waals surface area contributed by atoms with Crippen molar-refractivity contribution in [3.63, 3.8) is 0 Å². The number of hydrogen-bond acceptors (Lipinski definition) is 4. The van der Waals surface area contributed by atoms with Crippen LogP contribution in [0.1, 0.15) is 20.8 Å². The topological polar surface area (TPSA) is 69.7 Å². The van der Waals surface area contributed by atoms with Crippen LogP contribution in [0.3, 0.4) is 0 Å². The van der Waals surface area contributed by atoms with Gasteiger partial charge in [0.2, 0.25) is 15.9 Å². The van der Waals surface area contributed by atoms with E-state index in [4.69, 9.17) is 0 Å². The van der Waals surface area contributed by atoms with Gasteiger partial charge in [-0.2, -0.15) is 4.31 Å². The fraction of sp³-hybridized carbons (Fsp3) is 0.533. The molecule has 0 saturated carbocycles. The second-order valence-corrected chi connectivity index (χ2v) is 8.34. The fourth-order valence-corrected chi connectivity index (χ4v) is 3.37. The molecule has 1 N–H and O–H groups in total. The van der Waals surface area contributed by atoms with Crippen molar-refractivity contribution >= 4 is 27.3 Å². The van der Waals surface area contributed by atoms with Crippen molar-refractivity contribution in [2.75, 3.05) is 37.1 Å². The maximum Gasteiger partial charge on any atom is 0.239 e. The number of anilines is 2. The molecule has 7 heteroatoms. The Kier molecular flexibility index (Phi) is 5.59. The molecule has 0 unspecified atom stereocenters. The van der Waals surface area contributed by atoms with Gasteiger partial charge in [0.15, 0.2) is 0 Å². The Balaban J connectivity index is 2.80. The lowest BCUT2D eigenvalue weighted by Crippen LogP contribution is -2.48. The molecule has 0 aromatic heterocycles. The monoisotopic (exact) mass is 327 g/mol. The van der Waals surface area contributed by atoms with Crippen molar-refractivity contribution in [3.8, 4) is 0 Å². The van der Waals surface area contributed by atoms with Crippen molar-refractivity contribution < 1.29 is 13.2 Å². The Labute approximate surface area is 133 Å². The summed E-state index contributed by atoms with van der Waals surface area (Å²) in [5.41, 5.74) is 1.00. The summed E-state index contributed by atoms with van der Waals surface area (Å²) >= 11 is 0. The predicted octanol–water partition coefficient (Wildman–Crippen LogP) is 1.75. The van der Waals surface area contributed by atoms with Crippen LogP contribution in [-0.4, -0.2) is 51.1 Å². The highest BCUT2D eigenvalue weighted by molar-refractivity contribution is 7.88.